The third kappa shape index (κ3) is 2.00. The summed E-state index contributed by atoms with van der Waals surface area (Å²) >= 11 is 0. The Balaban J connectivity index is 2.23. The molecule has 1 fully saturated rings. The molecule has 2 aromatic rings. The number of hydrogen-bond donors (Lipinski definition) is 1. The van der Waals surface area contributed by atoms with Crippen LogP contribution in [-0.4, -0.2) is 23.7 Å². The van der Waals surface area contributed by atoms with Crippen LogP contribution in [0.3, 0.4) is 0 Å². The average molecular weight is 259 g/mol. The minimum absolute atomic E-state index is 0.130. The molecular weight excluding hydrogens is 238 g/mol. The quantitative estimate of drug-likeness (QED) is 0.917. The maximum absolute atomic E-state index is 5.29. The van der Waals surface area contributed by atoms with E-state index in [4.69, 9.17) is 9.72 Å². The Kier molecular flexibility index (Phi) is 2.78. The lowest BCUT2D eigenvalue weighted by molar-refractivity contribution is 0.398. The van der Waals surface area contributed by atoms with Gasteiger partial charge in [0.25, 0.3) is 0 Å². The van der Waals surface area contributed by atoms with E-state index in [2.05, 4.69) is 29.8 Å². The summed E-state index contributed by atoms with van der Waals surface area (Å²) in [5, 5.41) is 3.36. The minimum Gasteiger partial charge on any atom is -0.497 e. The number of hydrogen-bond acceptors (Lipinski definition) is 3. The zero-order chi connectivity index (χ0) is 13.6. The lowest BCUT2D eigenvalue weighted by Crippen LogP contribution is -2.36. The van der Waals surface area contributed by atoms with Gasteiger partial charge in [-0.2, -0.15) is 0 Å². The van der Waals surface area contributed by atoms with Crippen LogP contribution in [0.2, 0.25) is 0 Å². The van der Waals surface area contributed by atoms with Gasteiger partial charge in [0.2, 0.25) is 0 Å². The number of methoxy groups -OCH3 is 1. The highest BCUT2D eigenvalue weighted by molar-refractivity contribution is 5.78. The molecule has 1 N–H and O–H groups in total. The number of nitrogens with one attached hydrogen (secondary N) is 1. The molecule has 0 saturated heterocycles. The molecule has 0 unspecified atom stereocenters. The average Bonchev–Trinajstić information content (AvgIpc) is 3.18. The molecule has 0 radical (unpaired) electrons. The van der Waals surface area contributed by atoms with Crippen molar-refractivity contribution in [2.24, 2.45) is 0 Å². The third-order valence-electron chi connectivity index (χ3n) is 3.99. The lowest BCUT2D eigenvalue weighted by Gasteiger charge is -2.24. The van der Waals surface area contributed by atoms with Gasteiger partial charge in [-0.05, 0) is 45.9 Å². The minimum atomic E-state index is -0.130. The normalized spacial score (nSPS) is 16.0. The van der Waals surface area contributed by atoms with Gasteiger partial charge >= 0.3 is 0 Å². The topological polar surface area (TPSA) is 39.1 Å². The Morgan fingerprint density at radius 2 is 2.11 bits per heavy atom. The van der Waals surface area contributed by atoms with E-state index in [9.17, 15) is 0 Å². The van der Waals surface area contributed by atoms with Gasteiger partial charge in [0, 0.05) is 12.1 Å². The van der Waals surface area contributed by atoms with Crippen LogP contribution in [0.1, 0.15) is 38.6 Å². The number of fused-ring (bicyclic) bond motifs is 1. The van der Waals surface area contributed by atoms with Gasteiger partial charge in [0.15, 0.2) is 0 Å². The molecule has 1 saturated carbocycles. The summed E-state index contributed by atoms with van der Waals surface area (Å²) in [4.78, 5) is 4.85. The van der Waals surface area contributed by atoms with E-state index in [1.54, 1.807) is 7.11 Å². The number of benzene rings is 1. The van der Waals surface area contributed by atoms with Crippen molar-refractivity contribution in [2.45, 2.75) is 38.3 Å². The molecule has 19 heavy (non-hydrogen) atoms. The van der Waals surface area contributed by atoms with Crippen LogP contribution in [0.5, 0.6) is 5.75 Å². The van der Waals surface area contributed by atoms with E-state index in [1.807, 2.05) is 19.2 Å². The molecular formula is C15H21N3O. The van der Waals surface area contributed by atoms with Crippen LogP contribution in [0.25, 0.3) is 11.0 Å². The molecule has 1 aliphatic rings. The fraction of sp³-hybridized carbons (Fsp3) is 0.533. The molecule has 1 heterocycles. The first-order valence-corrected chi connectivity index (χ1v) is 6.82. The lowest BCUT2D eigenvalue weighted by atomic mass is 10.1. The van der Waals surface area contributed by atoms with Crippen LogP contribution < -0.4 is 10.1 Å². The summed E-state index contributed by atoms with van der Waals surface area (Å²) < 4.78 is 7.69. The second-order valence-corrected chi connectivity index (χ2v) is 5.77. The Morgan fingerprint density at radius 1 is 1.37 bits per heavy atom. The van der Waals surface area contributed by atoms with Crippen molar-refractivity contribution in [2.75, 3.05) is 14.2 Å². The first kappa shape index (κ1) is 12.5. The Labute approximate surface area is 113 Å². The first-order valence-electron chi connectivity index (χ1n) is 6.82. The van der Waals surface area contributed by atoms with Gasteiger partial charge in [-0.3, -0.25) is 0 Å². The van der Waals surface area contributed by atoms with Crippen molar-refractivity contribution in [1.29, 1.82) is 0 Å². The summed E-state index contributed by atoms with van der Waals surface area (Å²) in [5.41, 5.74) is 2.10. The van der Waals surface area contributed by atoms with Gasteiger partial charge < -0.3 is 14.6 Å². The molecule has 3 rings (SSSR count). The molecule has 1 aromatic heterocycles. The fourth-order valence-electron chi connectivity index (χ4n) is 2.46. The summed E-state index contributed by atoms with van der Waals surface area (Å²) in [6, 6.07) is 6.76. The predicted octanol–water partition coefficient (Wildman–Crippen LogP) is 2.83. The van der Waals surface area contributed by atoms with Crippen LogP contribution in [0.15, 0.2) is 18.2 Å². The molecule has 1 aromatic carbocycles. The maximum Gasteiger partial charge on any atom is 0.129 e. The van der Waals surface area contributed by atoms with Crippen molar-refractivity contribution in [3.63, 3.8) is 0 Å². The molecule has 0 amide bonds. The van der Waals surface area contributed by atoms with Crippen LogP contribution in [0, 0.1) is 0 Å². The molecule has 4 nitrogen and oxygen atoms in total. The van der Waals surface area contributed by atoms with E-state index in [-0.39, 0.29) is 5.54 Å². The van der Waals surface area contributed by atoms with Crippen LogP contribution >= 0.6 is 0 Å². The van der Waals surface area contributed by atoms with E-state index in [1.165, 1.54) is 18.4 Å². The number of imidazole rings is 1. The first-order chi connectivity index (χ1) is 9.06. The second kappa shape index (κ2) is 4.23. The Morgan fingerprint density at radius 3 is 2.68 bits per heavy atom. The fourth-order valence-corrected chi connectivity index (χ4v) is 2.46. The molecule has 0 spiro atoms. The Hall–Kier alpha value is -1.55. The van der Waals surface area contributed by atoms with Crippen molar-refractivity contribution >= 4 is 11.0 Å². The van der Waals surface area contributed by atoms with Crippen molar-refractivity contribution in [3.05, 3.63) is 24.0 Å². The number of nitrogens with zero attached hydrogens (tertiary/aromatic N) is 2. The second-order valence-electron chi connectivity index (χ2n) is 5.77. The van der Waals surface area contributed by atoms with Crippen molar-refractivity contribution in [1.82, 2.24) is 14.9 Å². The zero-order valence-electron chi connectivity index (χ0n) is 12.0. The molecule has 0 bridgehead atoms. The molecule has 4 heteroatoms. The SMILES string of the molecule is CNC(C)(C)c1nc2cc(OC)ccc2n1C1CC1. The Bertz CT molecular complexity index is 611. The van der Waals surface area contributed by atoms with E-state index in [0.29, 0.717) is 6.04 Å². The van der Waals surface area contributed by atoms with Crippen molar-refractivity contribution in [3.8, 4) is 5.75 Å². The number of rotatable bonds is 4. The van der Waals surface area contributed by atoms with Gasteiger partial charge in [-0.15, -0.1) is 0 Å². The smallest absolute Gasteiger partial charge is 0.129 e. The van der Waals surface area contributed by atoms with Crippen LogP contribution in [-0.2, 0) is 5.54 Å². The maximum atomic E-state index is 5.29. The van der Waals surface area contributed by atoms with E-state index < -0.39 is 0 Å². The van der Waals surface area contributed by atoms with E-state index >= 15 is 0 Å². The zero-order valence-corrected chi connectivity index (χ0v) is 12.0. The summed E-state index contributed by atoms with van der Waals surface area (Å²) in [5.74, 6) is 1.97. The van der Waals surface area contributed by atoms with Gasteiger partial charge in [-0.25, -0.2) is 4.98 Å². The number of ether oxygens (including phenoxy) is 1. The molecule has 1 aliphatic carbocycles. The largest absolute Gasteiger partial charge is 0.497 e. The molecule has 0 atom stereocenters. The monoisotopic (exact) mass is 259 g/mol. The van der Waals surface area contributed by atoms with Crippen LogP contribution in [0.4, 0.5) is 0 Å². The highest BCUT2D eigenvalue weighted by Crippen LogP contribution is 2.41. The summed E-state index contributed by atoms with van der Waals surface area (Å²) in [6.07, 6.45) is 2.51. The third-order valence-corrected chi connectivity index (χ3v) is 3.99. The highest BCUT2D eigenvalue weighted by atomic mass is 16.5. The van der Waals surface area contributed by atoms with Gasteiger partial charge in [0.05, 0.1) is 23.7 Å². The van der Waals surface area contributed by atoms with E-state index in [0.717, 1.165) is 17.1 Å². The standard InChI is InChI=1S/C15H21N3O/c1-15(2,16-3)14-17-12-9-11(19-4)7-8-13(12)18(14)10-5-6-10/h7-10,16H,5-6H2,1-4H3. The molecule has 102 valence electrons. The highest BCUT2D eigenvalue weighted by Gasteiger charge is 2.33. The summed E-state index contributed by atoms with van der Waals surface area (Å²) in [7, 11) is 3.68. The van der Waals surface area contributed by atoms with Gasteiger partial charge in [0.1, 0.15) is 11.6 Å². The molecule has 0 aliphatic heterocycles. The van der Waals surface area contributed by atoms with Crippen molar-refractivity contribution < 1.29 is 4.74 Å². The summed E-state index contributed by atoms with van der Waals surface area (Å²) in [6.45, 7) is 4.34. The van der Waals surface area contributed by atoms with Gasteiger partial charge in [-0.1, -0.05) is 0 Å². The predicted molar refractivity (Wildman–Crippen MR) is 76.6 cm³/mol. The number of aromatic nitrogens is 2.